The Kier molecular flexibility index (Phi) is 6.23. The number of piperidine rings is 1. The third-order valence-electron chi connectivity index (χ3n) is 3.37. The molecule has 0 aromatic carbocycles. The first-order valence-corrected chi connectivity index (χ1v) is 6.64. The van der Waals surface area contributed by atoms with Crippen LogP contribution in [0.2, 0.25) is 0 Å². The summed E-state index contributed by atoms with van der Waals surface area (Å²) in [6.07, 6.45) is 2.29. The summed E-state index contributed by atoms with van der Waals surface area (Å²) >= 11 is 0. The molecule has 114 valence electrons. The molecular weight excluding hydrogens is 266 g/mol. The van der Waals surface area contributed by atoms with E-state index in [1.807, 2.05) is 0 Å². The standard InChI is InChI=1S/C12H21N3O5/c13-10(17)5-4-9(11(18)19)14-12(20)15-6-2-1-3-8(15)7-16/h8-9,16H,1-7H2,(H2,13,17)(H,14,20)(H,18,19)/t8?,9-/m1/s1. The molecule has 0 radical (unpaired) electrons. The van der Waals surface area contributed by atoms with Crippen LogP contribution in [-0.4, -0.2) is 58.3 Å². The van der Waals surface area contributed by atoms with Crippen molar-refractivity contribution in [1.29, 1.82) is 0 Å². The van der Waals surface area contributed by atoms with Gasteiger partial charge in [0.25, 0.3) is 0 Å². The lowest BCUT2D eigenvalue weighted by Crippen LogP contribution is -2.54. The van der Waals surface area contributed by atoms with Gasteiger partial charge in [-0.2, -0.15) is 0 Å². The number of carbonyl (C=O) groups is 3. The molecule has 1 unspecified atom stereocenters. The van der Waals surface area contributed by atoms with Gasteiger partial charge in [0.15, 0.2) is 0 Å². The summed E-state index contributed by atoms with van der Waals surface area (Å²) in [6, 6.07) is -1.97. The molecule has 0 aromatic rings. The first kappa shape index (κ1) is 16.2. The predicted octanol–water partition coefficient (Wildman–Crippen LogP) is -0.738. The van der Waals surface area contributed by atoms with Crippen molar-refractivity contribution >= 4 is 17.9 Å². The highest BCUT2D eigenvalue weighted by molar-refractivity contribution is 5.83. The van der Waals surface area contributed by atoms with Crippen LogP contribution < -0.4 is 11.1 Å². The topological polar surface area (TPSA) is 133 Å². The van der Waals surface area contributed by atoms with Gasteiger partial charge in [-0.15, -0.1) is 0 Å². The fourth-order valence-electron chi connectivity index (χ4n) is 2.23. The molecule has 20 heavy (non-hydrogen) atoms. The monoisotopic (exact) mass is 287 g/mol. The third-order valence-corrected chi connectivity index (χ3v) is 3.37. The highest BCUT2D eigenvalue weighted by Crippen LogP contribution is 2.16. The van der Waals surface area contributed by atoms with Crippen LogP contribution in [0.3, 0.4) is 0 Å². The summed E-state index contributed by atoms with van der Waals surface area (Å²) < 4.78 is 0. The summed E-state index contributed by atoms with van der Waals surface area (Å²) in [5.41, 5.74) is 4.97. The van der Waals surface area contributed by atoms with E-state index in [1.54, 1.807) is 0 Å². The van der Waals surface area contributed by atoms with Gasteiger partial charge in [-0.1, -0.05) is 0 Å². The van der Waals surface area contributed by atoms with Gasteiger partial charge >= 0.3 is 12.0 Å². The van der Waals surface area contributed by atoms with Crippen LogP contribution in [-0.2, 0) is 9.59 Å². The minimum absolute atomic E-state index is 0.0476. The maximum Gasteiger partial charge on any atom is 0.326 e. The molecule has 0 aliphatic carbocycles. The number of amides is 3. The van der Waals surface area contributed by atoms with Gasteiger partial charge in [0.2, 0.25) is 5.91 Å². The van der Waals surface area contributed by atoms with Gasteiger partial charge in [-0.25, -0.2) is 9.59 Å². The number of aliphatic hydroxyl groups is 1. The number of likely N-dealkylation sites (tertiary alicyclic amines) is 1. The molecule has 0 bridgehead atoms. The van der Waals surface area contributed by atoms with Gasteiger partial charge in [0.05, 0.1) is 12.6 Å². The molecule has 1 fully saturated rings. The average molecular weight is 287 g/mol. The van der Waals surface area contributed by atoms with E-state index in [2.05, 4.69) is 5.32 Å². The number of nitrogens with zero attached hydrogens (tertiary/aromatic N) is 1. The minimum Gasteiger partial charge on any atom is -0.480 e. The van der Waals surface area contributed by atoms with E-state index in [0.29, 0.717) is 13.0 Å². The molecule has 0 saturated carbocycles. The molecule has 1 aliphatic heterocycles. The smallest absolute Gasteiger partial charge is 0.326 e. The Morgan fingerprint density at radius 3 is 2.60 bits per heavy atom. The number of carboxylic acid groups (broad SMARTS) is 1. The lowest BCUT2D eigenvalue weighted by molar-refractivity contribution is -0.139. The normalized spacial score (nSPS) is 20.2. The number of hydrogen-bond donors (Lipinski definition) is 4. The fourth-order valence-corrected chi connectivity index (χ4v) is 2.23. The van der Waals surface area contributed by atoms with Gasteiger partial charge in [-0.05, 0) is 25.7 Å². The number of primary amides is 1. The first-order chi connectivity index (χ1) is 9.45. The van der Waals surface area contributed by atoms with Crippen molar-refractivity contribution in [3.05, 3.63) is 0 Å². The summed E-state index contributed by atoms with van der Waals surface area (Å²) in [6.45, 7) is 0.339. The molecule has 0 spiro atoms. The molecule has 0 aromatic heterocycles. The molecule has 8 heteroatoms. The second kappa shape index (κ2) is 7.68. The first-order valence-electron chi connectivity index (χ1n) is 6.64. The van der Waals surface area contributed by atoms with Crippen LogP contribution >= 0.6 is 0 Å². The van der Waals surface area contributed by atoms with Crippen LogP contribution in [0, 0.1) is 0 Å². The lowest BCUT2D eigenvalue weighted by Gasteiger charge is -2.35. The van der Waals surface area contributed by atoms with Crippen LogP contribution in [0.15, 0.2) is 0 Å². The van der Waals surface area contributed by atoms with Crippen molar-refractivity contribution in [2.24, 2.45) is 5.73 Å². The fraction of sp³-hybridized carbons (Fsp3) is 0.750. The van der Waals surface area contributed by atoms with E-state index in [-0.39, 0.29) is 25.5 Å². The Morgan fingerprint density at radius 1 is 1.35 bits per heavy atom. The van der Waals surface area contributed by atoms with Gasteiger partial charge in [-0.3, -0.25) is 4.79 Å². The summed E-state index contributed by atoms with van der Waals surface area (Å²) in [5, 5.41) is 20.6. The zero-order valence-corrected chi connectivity index (χ0v) is 11.2. The number of urea groups is 1. The van der Waals surface area contributed by atoms with Crippen molar-refractivity contribution in [3.63, 3.8) is 0 Å². The van der Waals surface area contributed by atoms with Crippen molar-refractivity contribution < 1.29 is 24.6 Å². The van der Waals surface area contributed by atoms with Gasteiger partial charge < -0.3 is 26.2 Å². The van der Waals surface area contributed by atoms with Crippen molar-refractivity contribution in [1.82, 2.24) is 10.2 Å². The number of nitrogens with one attached hydrogen (secondary N) is 1. The van der Waals surface area contributed by atoms with E-state index in [9.17, 15) is 19.5 Å². The minimum atomic E-state index is -1.21. The summed E-state index contributed by atoms with van der Waals surface area (Å²) in [7, 11) is 0. The second-order valence-corrected chi connectivity index (χ2v) is 4.87. The lowest BCUT2D eigenvalue weighted by atomic mass is 10.0. The largest absolute Gasteiger partial charge is 0.480 e. The van der Waals surface area contributed by atoms with E-state index in [0.717, 1.165) is 12.8 Å². The van der Waals surface area contributed by atoms with E-state index >= 15 is 0 Å². The molecule has 2 atom stereocenters. The Labute approximate surface area is 116 Å². The van der Waals surface area contributed by atoms with Crippen LogP contribution in [0.1, 0.15) is 32.1 Å². The van der Waals surface area contributed by atoms with Crippen molar-refractivity contribution in [3.8, 4) is 0 Å². The van der Waals surface area contributed by atoms with Crippen LogP contribution in [0.5, 0.6) is 0 Å². The third kappa shape index (κ3) is 4.69. The number of aliphatic carboxylic acids is 1. The Balaban J connectivity index is 2.59. The molecule has 1 aliphatic rings. The maximum absolute atomic E-state index is 12.1. The zero-order valence-electron chi connectivity index (χ0n) is 11.2. The van der Waals surface area contributed by atoms with Crippen LogP contribution in [0.4, 0.5) is 4.79 Å². The predicted molar refractivity (Wildman–Crippen MR) is 69.8 cm³/mol. The van der Waals surface area contributed by atoms with Crippen molar-refractivity contribution in [2.45, 2.75) is 44.2 Å². The molecule has 3 amide bonds. The summed E-state index contributed by atoms with van der Waals surface area (Å²) in [5.74, 6) is -1.83. The number of hydrogen-bond acceptors (Lipinski definition) is 4. The number of carbonyl (C=O) groups excluding carboxylic acids is 2. The number of carboxylic acids is 1. The van der Waals surface area contributed by atoms with E-state index < -0.39 is 23.9 Å². The van der Waals surface area contributed by atoms with Crippen LogP contribution in [0.25, 0.3) is 0 Å². The SMILES string of the molecule is NC(=O)CC[C@@H](NC(=O)N1CCCCC1CO)C(=O)O. The number of aliphatic hydroxyl groups excluding tert-OH is 1. The average Bonchev–Trinajstić information content (AvgIpc) is 2.42. The highest BCUT2D eigenvalue weighted by Gasteiger charge is 2.29. The highest BCUT2D eigenvalue weighted by atomic mass is 16.4. The van der Waals surface area contributed by atoms with Gasteiger partial charge in [0.1, 0.15) is 6.04 Å². The maximum atomic E-state index is 12.1. The molecular formula is C12H21N3O5. The summed E-state index contributed by atoms with van der Waals surface area (Å²) in [4.78, 5) is 35.2. The number of nitrogens with two attached hydrogens (primary N) is 1. The Bertz CT molecular complexity index is 374. The Hall–Kier alpha value is -1.83. The number of rotatable bonds is 6. The molecule has 8 nitrogen and oxygen atoms in total. The molecule has 5 N–H and O–H groups in total. The van der Waals surface area contributed by atoms with E-state index in [4.69, 9.17) is 10.8 Å². The quantitative estimate of drug-likeness (QED) is 0.510. The molecule has 1 rings (SSSR count). The van der Waals surface area contributed by atoms with Crippen molar-refractivity contribution in [2.75, 3.05) is 13.2 Å². The molecule has 1 saturated heterocycles. The second-order valence-electron chi connectivity index (χ2n) is 4.87. The molecule has 1 heterocycles. The Morgan fingerprint density at radius 2 is 2.05 bits per heavy atom. The van der Waals surface area contributed by atoms with E-state index in [1.165, 1.54) is 4.90 Å². The zero-order chi connectivity index (χ0) is 15.1. The van der Waals surface area contributed by atoms with Gasteiger partial charge in [0, 0.05) is 13.0 Å².